The largest absolute Gasteiger partial charge is 0.462 e. The molecule has 0 saturated carbocycles. The Morgan fingerprint density at radius 1 is 1.17 bits per heavy atom. The first-order valence-electron chi connectivity index (χ1n) is 10.1. The molecule has 0 aromatic heterocycles. The first-order chi connectivity index (χ1) is 14.2. The van der Waals surface area contributed by atoms with Gasteiger partial charge in [0.15, 0.2) is 5.75 Å². The van der Waals surface area contributed by atoms with Crippen LogP contribution in [0.25, 0.3) is 0 Å². The second kappa shape index (κ2) is 11.0. The first kappa shape index (κ1) is 23.7. The molecule has 0 aliphatic rings. The number of carbonyl (C=O) groups excluding carboxylic acids is 1. The highest BCUT2D eigenvalue weighted by molar-refractivity contribution is 7.89. The van der Waals surface area contributed by atoms with Gasteiger partial charge in [0.2, 0.25) is 10.0 Å². The molecule has 0 atom stereocenters. The zero-order chi connectivity index (χ0) is 22.1. The summed E-state index contributed by atoms with van der Waals surface area (Å²) in [6, 6.07) is 11.5. The van der Waals surface area contributed by atoms with Gasteiger partial charge in [-0.15, -0.1) is 0 Å². The highest BCUT2D eigenvalue weighted by Crippen LogP contribution is 2.37. The van der Waals surface area contributed by atoms with E-state index in [9.17, 15) is 13.2 Å². The van der Waals surface area contributed by atoms with Gasteiger partial charge in [-0.3, -0.25) is 0 Å². The van der Waals surface area contributed by atoms with Crippen molar-refractivity contribution in [1.82, 2.24) is 0 Å². The standard InChI is InChI=1S/C22H30N2O5S/c1-4-5-12-24-19-14-17(22(25)28-13-11-16(2)3)15-20(30(23,26)27)21(19)29-18-9-7-6-8-10-18/h6-10,14-16,24H,4-5,11-13H2,1-3H3,(H2,23,26,27). The molecule has 0 amide bonds. The lowest BCUT2D eigenvalue weighted by molar-refractivity contribution is 0.0488. The van der Waals surface area contributed by atoms with Gasteiger partial charge < -0.3 is 14.8 Å². The fourth-order valence-electron chi connectivity index (χ4n) is 2.64. The molecule has 0 unspecified atom stereocenters. The summed E-state index contributed by atoms with van der Waals surface area (Å²) in [5.41, 5.74) is 0.469. The van der Waals surface area contributed by atoms with E-state index in [-0.39, 0.29) is 22.8 Å². The van der Waals surface area contributed by atoms with Gasteiger partial charge in [-0.25, -0.2) is 18.4 Å². The first-order valence-corrected chi connectivity index (χ1v) is 11.6. The Morgan fingerprint density at radius 2 is 1.87 bits per heavy atom. The Balaban J connectivity index is 2.47. The van der Waals surface area contributed by atoms with Crippen LogP contribution in [0.4, 0.5) is 5.69 Å². The van der Waals surface area contributed by atoms with Crippen LogP contribution in [0.1, 0.15) is 50.4 Å². The summed E-state index contributed by atoms with van der Waals surface area (Å²) in [7, 11) is -4.17. The van der Waals surface area contributed by atoms with Gasteiger partial charge in [0.25, 0.3) is 0 Å². The number of anilines is 1. The van der Waals surface area contributed by atoms with Gasteiger partial charge in [0.05, 0.1) is 17.9 Å². The minimum Gasteiger partial charge on any atom is -0.462 e. The zero-order valence-corrected chi connectivity index (χ0v) is 18.5. The highest BCUT2D eigenvalue weighted by atomic mass is 32.2. The van der Waals surface area contributed by atoms with Crippen molar-refractivity contribution in [3.8, 4) is 11.5 Å². The number of hydrogen-bond acceptors (Lipinski definition) is 6. The van der Waals surface area contributed by atoms with Gasteiger partial charge in [-0.05, 0) is 43.0 Å². The highest BCUT2D eigenvalue weighted by Gasteiger charge is 2.24. The molecule has 0 radical (unpaired) electrons. The monoisotopic (exact) mass is 434 g/mol. The van der Waals surface area contributed by atoms with Gasteiger partial charge >= 0.3 is 5.97 Å². The fraction of sp³-hybridized carbons (Fsp3) is 0.409. The normalized spacial score (nSPS) is 11.4. The van der Waals surface area contributed by atoms with Crippen LogP contribution in [0.2, 0.25) is 0 Å². The number of carbonyl (C=O) groups is 1. The average molecular weight is 435 g/mol. The van der Waals surface area contributed by atoms with Gasteiger partial charge in [-0.2, -0.15) is 0 Å². The molecule has 2 rings (SSSR count). The van der Waals surface area contributed by atoms with Crippen molar-refractivity contribution in [2.24, 2.45) is 11.1 Å². The van der Waals surface area contributed by atoms with Crippen LogP contribution in [0, 0.1) is 5.92 Å². The minimum absolute atomic E-state index is 0.0542. The number of esters is 1. The Labute approximate surface area is 178 Å². The van der Waals surface area contributed by atoms with Gasteiger partial charge in [0, 0.05) is 6.54 Å². The van der Waals surface area contributed by atoms with E-state index in [2.05, 4.69) is 5.32 Å². The van der Waals surface area contributed by atoms with E-state index < -0.39 is 16.0 Å². The number of unbranched alkanes of at least 4 members (excludes halogenated alkanes) is 1. The summed E-state index contributed by atoms with van der Waals surface area (Å²) >= 11 is 0. The summed E-state index contributed by atoms with van der Waals surface area (Å²) in [5, 5.41) is 8.62. The van der Waals surface area contributed by atoms with E-state index in [0.29, 0.717) is 30.3 Å². The molecule has 7 nitrogen and oxygen atoms in total. The van der Waals surface area contributed by atoms with Crippen LogP contribution in [0.3, 0.4) is 0 Å². The molecule has 164 valence electrons. The third-order valence-corrected chi connectivity index (χ3v) is 5.25. The Bertz CT molecular complexity index is 944. The molecule has 2 aromatic carbocycles. The van der Waals surface area contributed by atoms with Crippen LogP contribution in [-0.2, 0) is 14.8 Å². The summed E-state index contributed by atoms with van der Waals surface area (Å²) in [4.78, 5) is 12.3. The number of primary sulfonamides is 1. The van der Waals surface area contributed by atoms with E-state index in [1.54, 1.807) is 30.3 Å². The second-order valence-electron chi connectivity index (χ2n) is 7.41. The van der Waals surface area contributed by atoms with Gasteiger partial charge in [0.1, 0.15) is 10.6 Å². The maximum Gasteiger partial charge on any atom is 0.338 e. The molecule has 0 aliphatic carbocycles. The fourth-order valence-corrected chi connectivity index (χ4v) is 3.35. The smallest absolute Gasteiger partial charge is 0.338 e. The van der Waals surface area contributed by atoms with E-state index in [1.807, 2.05) is 26.8 Å². The maximum absolute atomic E-state index is 12.5. The van der Waals surface area contributed by atoms with E-state index in [1.165, 1.54) is 6.07 Å². The SMILES string of the molecule is CCCCNc1cc(C(=O)OCCC(C)C)cc(S(N)(=O)=O)c1Oc1ccccc1. The van der Waals surface area contributed by atoms with Crippen molar-refractivity contribution < 1.29 is 22.7 Å². The lowest BCUT2D eigenvalue weighted by Gasteiger charge is -2.18. The number of benzene rings is 2. The van der Waals surface area contributed by atoms with Crippen LogP contribution in [-0.4, -0.2) is 27.5 Å². The molecule has 0 bridgehead atoms. The molecule has 0 aliphatic heterocycles. The Kier molecular flexibility index (Phi) is 8.68. The molecule has 3 N–H and O–H groups in total. The quantitative estimate of drug-likeness (QED) is 0.397. The summed E-state index contributed by atoms with van der Waals surface area (Å²) in [6.45, 7) is 6.93. The summed E-state index contributed by atoms with van der Waals surface area (Å²) in [6.07, 6.45) is 2.52. The van der Waals surface area contributed by atoms with Crippen molar-refractivity contribution in [1.29, 1.82) is 0 Å². The lowest BCUT2D eigenvalue weighted by Crippen LogP contribution is -2.17. The molecule has 8 heteroatoms. The topological polar surface area (TPSA) is 108 Å². The number of nitrogens with two attached hydrogens (primary N) is 1. The molecule has 0 fully saturated rings. The van der Waals surface area contributed by atoms with Crippen molar-refractivity contribution in [2.75, 3.05) is 18.5 Å². The lowest BCUT2D eigenvalue weighted by atomic mass is 10.1. The van der Waals surface area contributed by atoms with E-state index in [0.717, 1.165) is 12.8 Å². The summed E-state index contributed by atoms with van der Waals surface area (Å²) < 4.78 is 35.8. The molecule has 2 aromatic rings. The third kappa shape index (κ3) is 7.03. The van der Waals surface area contributed by atoms with Crippen molar-refractivity contribution in [3.05, 3.63) is 48.0 Å². The van der Waals surface area contributed by atoms with E-state index >= 15 is 0 Å². The molecule has 0 spiro atoms. The van der Waals surface area contributed by atoms with Crippen molar-refractivity contribution >= 4 is 21.7 Å². The number of nitrogens with one attached hydrogen (secondary N) is 1. The average Bonchev–Trinajstić information content (AvgIpc) is 2.68. The van der Waals surface area contributed by atoms with Crippen molar-refractivity contribution in [3.63, 3.8) is 0 Å². The number of para-hydroxylation sites is 1. The van der Waals surface area contributed by atoms with Crippen LogP contribution in [0.5, 0.6) is 11.5 Å². The summed E-state index contributed by atoms with van der Waals surface area (Å²) in [5.74, 6) is 0.280. The van der Waals surface area contributed by atoms with Gasteiger partial charge in [-0.1, -0.05) is 45.4 Å². The number of ether oxygens (including phenoxy) is 2. The molecule has 0 heterocycles. The predicted molar refractivity (Wildman–Crippen MR) is 117 cm³/mol. The number of sulfonamides is 1. The van der Waals surface area contributed by atoms with Crippen LogP contribution >= 0.6 is 0 Å². The molecule has 0 saturated heterocycles. The third-order valence-electron chi connectivity index (χ3n) is 4.33. The number of hydrogen-bond donors (Lipinski definition) is 2. The van der Waals surface area contributed by atoms with E-state index in [4.69, 9.17) is 14.6 Å². The zero-order valence-electron chi connectivity index (χ0n) is 17.7. The Hall–Kier alpha value is -2.58. The minimum atomic E-state index is -4.17. The molecular weight excluding hydrogens is 404 g/mol. The molecule has 30 heavy (non-hydrogen) atoms. The predicted octanol–water partition coefficient (Wildman–Crippen LogP) is 4.54. The maximum atomic E-state index is 12.5. The number of rotatable bonds is 11. The van der Waals surface area contributed by atoms with Crippen LogP contribution in [0.15, 0.2) is 47.4 Å². The molecular formula is C22H30N2O5S. The van der Waals surface area contributed by atoms with Crippen LogP contribution < -0.4 is 15.2 Å². The second-order valence-corrected chi connectivity index (χ2v) is 8.94. The Morgan fingerprint density at radius 3 is 2.47 bits per heavy atom. The van der Waals surface area contributed by atoms with Crippen molar-refractivity contribution in [2.45, 2.75) is 44.9 Å².